The number of hydrogen-bond acceptors (Lipinski definition) is 2. The zero-order valence-corrected chi connectivity index (χ0v) is 8.50. The minimum atomic E-state index is -0.0412. The lowest BCUT2D eigenvalue weighted by atomic mass is 10.3. The van der Waals surface area contributed by atoms with E-state index in [0.717, 1.165) is 5.84 Å². The van der Waals surface area contributed by atoms with Crippen LogP contribution in [0.5, 0.6) is 0 Å². The summed E-state index contributed by atoms with van der Waals surface area (Å²) in [6, 6.07) is 0. The molecule has 0 aliphatic carbocycles. The zero-order chi connectivity index (χ0) is 10.4. The minimum absolute atomic E-state index is 0.0412. The Kier molecular flexibility index (Phi) is 4.74. The molecule has 0 radical (unpaired) electrons. The maximum Gasteiger partial charge on any atom is 0.175 e. The Bertz CT molecular complexity index is 252. The standard InChI is InChI=1S/C10H16N2O/c1-6-11-10(5)12(7-2)8(3)9(4)13/h6H,1,3,7H2,2,4-5H3. The van der Waals surface area contributed by atoms with Gasteiger partial charge in [0.25, 0.3) is 0 Å². The maximum atomic E-state index is 11.0. The summed E-state index contributed by atoms with van der Waals surface area (Å²) in [7, 11) is 0. The van der Waals surface area contributed by atoms with Crippen LogP contribution < -0.4 is 0 Å². The molecule has 0 aromatic heterocycles. The van der Waals surface area contributed by atoms with Gasteiger partial charge in [0.2, 0.25) is 0 Å². The van der Waals surface area contributed by atoms with E-state index in [1.54, 1.807) is 4.90 Å². The molecule has 0 heterocycles. The number of carbonyl (C=O) groups is 1. The van der Waals surface area contributed by atoms with Crippen LogP contribution in [0.25, 0.3) is 0 Å². The molecule has 0 aliphatic rings. The number of likely N-dealkylation sites (N-methyl/N-ethyl adjacent to an activating group) is 1. The van der Waals surface area contributed by atoms with Crippen LogP contribution in [-0.4, -0.2) is 23.1 Å². The molecule has 0 N–H and O–H groups in total. The van der Waals surface area contributed by atoms with Crippen molar-refractivity contribution in [3.63, 3.8) is 0 Å². The number of allylic oxidation sites excluding steroid dienone is 1. The fourth-order valence-electron chi connectivity index (χ4n) is 1.01. The van der Waals surface area contributed by atoms with Crippen molar-refractivity contribution < 1.29 is 4.79 Å². The summed E-state index contributed by atoms with van der Waals surface area (Å²) in [6.07, 6.45) is 1.45. The Balaban J connectivity index is 4.70. The molecule has 0 aromatic carbocycles. The Morgan fingerprint density at radius 3 is 2.38 bits per heavy atom. The van der Waals surface area contributed by atoms with Gasteiger partial charge in [-0.25, -0.2) is 4.99 Å². The predicted octanol–water partition coefficient (Wildman–Crippen LogP) is 1.97. The van der Waals surface area contributed by atoms with Crippen LogP contribution in [0.2, 0.25) is 0 Å². The van der Waals surface area contributed by atoms with Gasteiger partial charge in [-0.15, -0.1) is 0 Å². The van der Waals surface area contributed by atoms with Crippen LogP contribution in [0.1, 0.15) is 20.8 Å². The number of nitrogens with zero attached hydrogens (tertiary/aromatic N) is 2. The third-order valence-electron chi connectivity index (χ3n) is 1.72. The molecule has 0 saturated heterocycles. The summed E-state index contributed by atoms with van der Waals surface area (Å²) in [5.74, 6) is 0.693. The van der Waals surface area contributed by atoms with Gasteiger partial charge >= 0.3 is 0 Å². The Morgan fingerprint density at radius 1 is 1.54 bits per heavy atom. The first-order valence-corrected chi connectivity index (χ1v) is 4.17. The van der Waals surface area contributed by atoms with Crippen molar-refractivity contribution in [3.05, 3.63) is 25.1 Å². The molecule has 0 atom stereocenters. The molecule has 72 valence electrons. The van der Waals surface area contributed by atoms with Gasteiger partial charge in [-0.05, 0) is 13.8 Å². The molecular formula is C10H16N2O. The summed E-state index contributed by atoms with van der Waals surface area (Å²) < 4.78 is 0. The summed E-state index contributed by atoms with van der Waals surface area (Å²) in [5.41, 5.74) is 0.464. The van der Waals surface area contributed by atoms with Crippen LogP contribution in [-0.2, 0) is 4.79 Å². The van der Waals surface area contributed by atoms with Crippen molar-refractivity contribution in [1.29, 1.82) is 0 Å². The molecule has 0 spiro atoms. The lowest BCUT2D eigenvalue weighted by Gasteiger charge is -2.22. The monoisotopic (exact) mass is 180 g/mol. The highest BCUT2D eigenvalue weighted by Crippen LogP contribution is 2.04. The van der Waals surface area contributed by atoms with Gasteiger partial charge in [0.1, 0.15) is 5.84 Å². The molecule has 0 aromatic rings. The number of aliphatic imine (C=N–C) groups is 1. The largest absolute Gasteiger partial charge is 0.328 e. The predicted molar refractivity (Wildman–Crippen MR) is 55.5 cm³/mol. The van der Waals surface area contributed by atoms with E-state index in [1.807, 2.05) is 13.8 Å². The van der Waals surface area contributed by atoms with Crippen molar-refractivity contribution in [2.45, 2.75) is 20.8 Å². The summed E-state index contributed by atoms with van der Waals surface area (Å²) in [6.45, 7) is 13.1. The molecule has 0 aliphatic heterocycles. The lowest BCUT2D eigenvalue weighted by Crippen LogP contribution is -2.30. The highest BCUT2D eigenvalue weighted by atomic mass is 16.1. The maximum absolute atomic E-state index is 11.0. The summed E-state index contributed by atoms with van der Waals surface area (Å²) in [5, 5.41) is 0. The molecule has 0 bridgehead atoms. The van der Waals surface area contributed by atoms with Crippen LogP contribution in [0.15, 0.2) is 30.0 Å². The van der Waals surface area contributed by atoms with E-state index in [0.29, 0.717) is 12.2 Å². The number of Topliss-reactive ketones (excluding diaryl/α,β-unsaturated/α-hetero) is 1. The molecular weight excluding hydrogens is 164 g/mol. The summed E-state index contributed by atoms with van der Waals surface area (Å²) >= 11 is 0. The number of amidine groups is 1. The normalized spacial score (nSPS) is 10.8. The average molecular weight is 180 g/mol. The molecule has 0 fully saturated rings. The number of ketones is 1. The van der Waals surface area contributed by atoms with Crippen LogP contribution in [0, 0.1) is 0 Å². The van der Waals surface area contributed by atoms with E-state index in [-0.39, 0.29) is 5.78 Å². The van der Waals surface area contributed by atoms with Gasteiger partial charge < -0.3 is 4.90 Å². The third kappa shape index (κ3) is 3.23. The van der Waals surface area contributed by atoms with E-state index in [9.17, 15) is 4.79 Å². The lowest BCUT2D eigenvalue weighted by molar-refractivity contribution is -0.114. The second-order valence-electron chi connectivity index (χ2n) is 2.61. The van der Waals surface area contributed by atoms with E-state index in [2.05, 4.69) is 18.2 Å². The highest BCUT2D eigenvalue weighted by Gasteiger charge is 2.11. The van der Waals surface area contributed by atoms with Gasteiger partial charge in [0.15, 0.2) is 5.78 Å². The van der Waals surface area contributed by atoms with Gasteiger partial charge in [-0.2, -0.15) is 0 Å². The first kappa shape index (κ1) is 11.6. The highest BCUT2D eigenvalue weighted by molar-refractivity contribution is 5.97. The zero-order valence-electron chi connectivity index (χ0n) is 8.50. The van der Waals surface area contributed by atoms with Gasteiger partial charge in [-0.3, -0.25) is 4.79 Å². The number of carbonyl (C=O) groups excluding carboxylic acids is 1. The van der Waals surface area contributed by atoms with Crippen molar-refractivity contribution in [3.8, 4) is 0 Å². The molecule has 0 saturated carbocycles. The minimum Gasteiger partial charge on any atom is -0.328 e. The molecule has 3 heteroatoms. The van der Waals surface area contributed by atoms with Gasteiger partial charge in [-0.1, -0.05) is 13.2 Å². The van der Waals surface area contributed by atoms with Crippen molar-refractivity contribution >= 4 is 11.6 Å². The quantitative estimate of drug-likeness (QED) is 0.376. The fraction of sp³-hybridized carbons (Fsp3) is 0.400. The molecule has 13 heavy (non-hydrogen) atoms. The van der Waals surface area contributed by atoms with E-state index < -0.39 is 0 Å². The second kappa shape index (κ2) is 5.30. The first-order chi connectivity index (χ1) is 6.04. The van der Waals surface area contributed by atoms with Gasteiger partial charge in [0, 0.05) is 19.7 Å². The first-order valence-electron chi connectivity index (χ1n) is 4.17. The molecule has 0 unspecified atom stereocenters. The van der Waals surface area contributed by atoms with Crippen molar-refractivity contribution in [2.75, 3.05) is 6.54 Å². The smallest absolute Gasteiger partial charge is 0.175 e. The Hall–Kier alpha value is -1.38. The van der Waals surface area contributed by atoms with Gasteiger partial charge in [0.05, 0.1) is 5.70 Å². The van der Waals surface area contributed by atoms with Crippen LogP contribution in [0.4, 0.5) is 0 Å². The number of rotatable bonds is 4. The number of hydrogen-bond donors (Lipinski definition) is 0. The Labute approximate surface area is 79.5 Å². The third-order valence-corrected chi connectivity index (χ3v) is 1.72. The Morgan fingerprint density at radius 2 is 2.08 bits per heavy atom. The van der Waals surface area contributed by atoms with E-state index in [4.69, 9.17) is 0 Å². The fourth-order valence-corrected chi connectivity index (χ4v) is 1.01. The average Bonchev–Trinajstić information content (AvgIpc) is 2.05. The van der Waals surface area contributed by atoms with Crippen molar-refractivity contribution in [1.82, 2.24) is 4.90 Å². The molecule has 0 amide bonds. The van der Waals surface area contributed by atoms with E-state index in [1.165, 1.54) is 13.1 Å². The molecule has 3 nitrogen and oxygen atoms in total. The van der Waals surface area contributed by atoms with Crippen LogP contribution >= 0.6 is 0 Å². The topological polar surface area (TPSA) is 32.7 Å². The van der Waals surface area contributed by atoms with Crippen molar-refractivity contribution in [2.24, 2.45) is 4.99 Å². The van der Waals surface area contributed by atoms with E-state index >= 15 is 0 Å². The second-order valence-corrected chi connectivity index (χ2v) is 2.61. The van der Waals surface area contributed by atoms with Crippen LogP contribution in [0.3, 0.4) is 0 Å². The molecule has 0 rings (SSSR count). The summed E-state index contributed by atoms with van der Waals surface area (Å²) in [4.78, 5) is 16.8. The SMILES string of the molecule is C=CN=C(C)N(CC)C(=C)C(C)=O.